The van der Waals surface area contributed by atoms with Crippen LogP contribution in [0.3, 0.4) is 0 Å². The molecule has 0 bridgehead atoms. The molecule has 0 aromatic carbocycles. The number of rotatable bonds is 3. The molecule has 1 saturated heterocycles. The fraction of sp³-hybridized carbons (Fsp3) is 0.667. The predicted molar refractivity (Wildman–Crippen MR) is 66.5 cm³/mol. The van der Waals surface area contributed by atoms with E-state index in [1.54, 1.807) is 7.05 Å². The van der Waals surface area contributed by atoms with E-state index in [1.165, 1.54) is 23.6 Å². The summed E-state index contributed by atoms with van der Waals surface area (Å²) in [5.41, 5.74) is 0.151. The largest absolute Gasteiger partial charge is 0.347 e. The van der Waals surface area contributed by atoms with E-state index in [4.69, 9.17) is 0 Å². The van der Waals surface area contributed by atoms with Crippen molar-refractivity contribution < 1.29 is 4.79 Å². The first-order valence-corrected chi connectivity index (χ1v) is 6.44. The minimum Gasteiger partial charge on any atom is -0.347 e. The summed E-state index contributed by atoms with van der Waals surface area (Å²) >= 11 is 0. The fourth-order valence-corrected chi connectivity index (χ4v) is 2.63. The minimum atomic E-state index is -0.242. The molecule has 1 saturated carbocycles. The third-order valence-electron chi connectivity index (χ3n) is 3.76. The summed E-state index contributed by atoms with van der Waals surface area (Å²) < 4.78 is 1.46. The molecular weight excluding hydrogens is 232 g/mol. The Bertz CT molecular complexity index is 514. The van der Waals surface area contributed by atoms with Gasteiger partial charge in [-0.15, -0.1) is 0 Å². The van der Waals surface area contributed by atoms with Crippen molar-refractivity contribution in [3.8, 4) is 0 Å². The van der Waals surface area contributed by atoms with Gasteiger partial charge in [-0.25, -0.2) is 0 Å². The van der Waals surface area contributed by atoms with E-state index >= 15 is 0 Å². The average Bonchev–Trinajstić information content (AvgIpc) is 2.97. The van der Waals surface area contributed by atoms with Crippen LogP contribution in [0.5, 0.6) is 0 Å². The second kappa shape index (κ2) is 4.28. The first-order chi connectivity index (χ1) is 8.63. The molecule has 1 aliphatic carbocycles. The lowest BCUT2D eigenvalue weighted by atomic mass is 10.2. The van der Waals surface area contributed by atoms with Crippen LogP contribution >= 0.6 is 0 Å². The molecule has 2 aliphatic rings. The van der Waals surface area contributed by atoms with Gasteiger partial charge in [0.25, 0.3) is 11.5 Å². The third-order valence-corrected chi connectivity index (χ3v) is 3.76. The Morgan fingerprint density at radius 1 is 1.44 bits per heavy atom. The Hall–Kier alpha value is -1.56. The summed E-state index contributed by atoms with van der Waals surface area (Å²) in [5.74, 6) is -0.168. The van der Waals surface area contributed by atoms with Crippen LogP contribution in [0, 0.1) is 0 Å². The third kappa shape index (κ3) is 2.20. The highest BCUT2D eigenvalue weighted by atomic mass is 16.2. The lowest BCUT2D eigenvalue weighted by Gasteiger charge is -2.15. The van der Waals surface area contributed by atoms with Crippen LogP contribution in [0.25, 0.3) is 0 Å². The van der Waals surface area contributed by atoms with Crippen LogP contribution in [0.15, 0.2) is 10.9 Å². The number of hydrogen-bond donors (Lipinski definition) is 2. The van der Waals surface area contributed by atoms with E-state index in [0.717, 1.165) is 25.6 Å². The maximum Gasteiger partial charge on any atom is 0.269 e. The van der Waals surface area contributed by atoms with Gasteiger partial charge in [0.15, 0.2) is 0 Å². The molecule has 1 amide bonds. The van der Waals surface area contributed by atoms with Gasteiger partial charge in [-0.2, -0.15) is 0 Å². The Morgan fingerprint density at radius 2 is 2.22 bits per heavy atom. The molecule has 6 heteroatoms. The number of aromatic nitrogens is 2. The Balaban J connectivity index is 1.61. The molecule has 2 heterocycles. The summed E-state index contributed by atoms with van der Waals surface area (Å²) in [6.45, 7) is 2.01. The number of aromatic amines is 1. The van der Waals surface area contributed by atoms with Crippen molar-refractivity contribution in [1.29, 1.82) is 0 Å². The SMILES string of the molecule is Cn1[nH]c(=O)cc1C(=O)N[C@H]1CCN(C2CC2)C1. The summed E-state index contributed by atoms with van der Waals surface area (Å²) in [6, 6.07) is 2.30. The number of nitrogens with one attached hydrogen (secondary N) is 2. The molecular formula is C12H18N4O2. The summed E-state index contributed by atoms with van der Waals surface area (Å²) in [6.07, 6.45) is 3.60. The van der Waals surface area contributed by atoms with Crippen LogP contribution in [0.2, 0.25) is 0 Å². The molecule has 2 N–H and O–H groups in total. The second-order valence-electron chi connectivity index (χ2n) is 5.25. The molecule has 1 aliphatic heterocycles. The highest BCUT2D eigenvalue weighted by Crippen LogP contribution is 2.29. The molecule has 98 valence electrons. The van der Waals surface area contributed by atoms with Crippen LogP contribution in [-0.2, 0) is 7.05 Å². The molecule has 0 spiro atoms. The van der Waals surface area contributed by atoms with E-state index in [1.807, 2.05) is 0 Å². The maximum atomic E-state index is 12.0. The van der Waals surface area contributed by atoms with Gasteiger partial charge in [0.05, 0.1) is 0 Å². The Morgan fingerprint density at radius 3 is 2.83 bits per heavy atom. The van der Waals surface area contributed by atoms with Gasteiger partial charge in [0.1, 0.15) is 5.69 Å². The first-order valence-electron chi connectivity index (χ1n) is 6.44. The van der Waals surface area contributed by atoms with Crippen molar-refractivity contribution in [3.05, 3.63) is 22.1 Å². The van der Waals surface area contributed by atoms with Crippen LogP contribution in [-0.4, -0.2) is 45.8 Å². The van der Waals surface area contributed by atoms with Crippen molar-refractivity contribution in [1.82, 2.24) is 20.0 Å². The zero-order valence-corrected chi connectivity index (χ0v) is 10.5. The average molecular weight is 250 g/mol. The summed E-state index contributed by atoms with van der Waals surface area (Å²) in [4.78, 5) is 25.6. The normalized spacial score (nSPS) is 24.4. The quantitative estimate of drug-likeness (QED) is 0.772. The summed E-state index contributed by atoms with van der Waals surface area (Å²) in [5, 5.41) is 5.54. The number of likely N-dealkylation sites (tertiary alicyclic amines) is 1. The van der Waals surface area contributed by atoms with E-state index in [9.17, 15) is 9.59 Å². The van der Waals surface area contributed by atoms with Crippen molar-refractivity contribution in [2.75, 3.05) is 13.1 Å². The van der Waals surface area contributed by atoms with Crippen molar-refractivity contribution in [3.63, 3.8) is 0 Å². The van der Waals surface area contributed by atoms with E-state index < -0.39 is 0 Å². The highest BCUT2D eigenvalue weighted by molar-refractivity contribution is 5.92. The zero-order valence-electron chi connectivity index (χ0n) is 10.5. The van der Waals surface area contributed by atoms with E-state index in [2.05, 4.69) is 15.3 Å². The first kappa shape index (κ1) is 11.5. The Labute approximate surface area is 105 Å². The second-order valence-corrected chi connectivity index (χ2v) is 5.25. The zero-order chi connectivity index (χ0) is 12.7. The fourth-order valence-electron chi connectivity index (χ4n) is 2.63. The molecule has 0 unspecified atom stereocenters. The van der Waals surface area contributed by atoms with Crippen LogP contribution < -0.4 is 10.9 Å². The summed E-state index contributed by atoms with van der Waals surface area (Å²) in [7, 11) is 1.67. The predicted octanol–water partition coefficient (Wildman–Crippen LogP) is -0.320. The van der Waals surface area contributed by atoms with Gasteiger partial charge in [-0.05, 0) is 19.3 Å². The number of amides is 1. The molecule has 1 atom stereocenters. The topological polar surface area (TPSA) is 70.1 Å². The minimum absolute atomic E-state index is 0.168. The molecule has 0 radical (unpaired) electrons. The number of H-pyrrole nitrogens is 1. The maximum absolute atomic E-state index is 12.0. The number of carbonyl (C=O) groups excluding carboxylic acids is 1. The number of hydrogen-bond acceptors (Lipinski definition) is 3. The number of aryl methyl sites for hydroxylation is 1. The number of carbonyl (C=O) groups is 1. The molecule has 1 aromatic heterocycles. The monoisotopic (exact) mass is 250 g/mol. The van der Waals surface area contributed by atoms with Gasteiger partial charge in [0, 0.05) is 38.3 Å². The highest BCUT2D eigenvalue weighted by Gasteiger charge is 2.35. The lowest BCUT2D eigenvalue weighted by molar-refractivity contribution is 0.0928. The van der Waals surface area contributed by atoms with Crippen molar-refractivity contribution >= 4 is 5.91 Å². The number of nitrogens with zero attached hydrogens (tertiary/aromatic N) is 2. The van der Waals surface area contributed by atoms with Crippen LogP contribution in [0.1, 0.15) is 29.8 Å². The van der Waals surface area contributed by atoms with Gasteiger partial charge in [-0.3, -0.25) is 24.3 Å². The van der Waals surface area contributed by atoms with Crippen molar-refractivity contribution in [2.45, 2.75) is 31.3 Å². The van der Waals surface area contributed by atoms with Crippen molar-refractivity contribution in [2.24, 2.45) is 7.05 Å². The van der Waals surface area contributed by atoms with Crippen LogP contribution in [0.4, 0.5) is 0 Å². The van der Waals surface area contributed by atoms with Gasteiger partial charge < -0.3 is 5.32 Å². The van der Waals surface area contributed by atoms with Gasteiger partial charge >= 0.3 is 0 Å². The molecule has 6 nitrogen and oxygen atoms in total. The molecule has 3 rings (SSSR count). The van der Waals surface area contributed by atoms with E-state index in [0.29, 0.717) is 5.69 Å². The standard InChI is InChI=1S/C12H18N4O2/c1-15-10(6-11(17)14-15)12(18)13-8-4-5-16(7-8)9-2-3-9/h6,8-9H,2-5,7H2,1H3,(H,13,18)(H,14,17)/t8-/m0/s1. The molecule has 2 fully saturated rings. The van der Waals surface area contributed by atoms with Gasteiger partial charge in [-0.1, -0.05) is 0 Å². The van der Waals surface area contributed by atoms with Gasteiger partial charge in [0.2, 0.25) is 0 Å². The Kier molecular flexibility index (Phi) is 2.74. The smallest absolute Gasteiger partial charge is 0.269 e. The van der Waals surface area contributed by atoms with E-state index in [-0.39, 0.29) is 17.5 Å². The molecule has 1 aromatic rings. The molecule has 18 heavy (non-hydrogen) atoms. The lowest BCUT2D eigenvalue weighted by Crippen LogP contribution is -2.38.